The second kappa shape index (κ2) is 7.02. The highest BCUT2D eigenvalue weighted by atomic mass is 19.1. The fourth-order valence-corrected chi connectivity index (χ4v) is 4.53. The predicted molar refractivity (Wildman–Crippen MR) is 112 cm³/mol. The van der Waals surface area contributed by atoms with Gasteiger partial charge in [-0.3, -0.25) is 0 Å². The third-order valence-corrected chi connectivity index (χ3v) is 6.48. The van der Waals surface area contributed by atoms with E-state index in [1.807, 2.05) is 6.92 Å². The maximum Gasteiger partial charge on any atom is 0.123 e. The Kier molecular flexibility index (Phi) is 4.80. The summed E-state index contributed by atoms with van der Waals surface area (Å²) in [6.45, 7) is 8.08. The normalized spacial score (nSPS) is 18.5. The summed E-state index contributed by atoms with van der Waals surface area (Å²) in [6.07, 6.45) is 1.98. The molecule has 3 aromatic rings. The van der Waals surface area contributed by atoms with Crippen molar-refractivity contribution in [2.24, 2.45) is 0 Å². The Morgan fingerprint density at radius 1 is 1.07 bits per heavy atom. The molecule has 1 N–H and O–H groups in total. The molecule has 2 aromatic carbocycles. The molecule has 1 aliphatic rings. The molecule has 0 aliphatic carbocycles. The second-order valence-electron chi connectivity index (χ2n) is 8.45. The van der Waals surface area contributed by atoms with E-state index in [1.54, 1.807) is 12.1 Å². The van der Waals surface area contributed by atoms with Crippen LogP contribution in [0.3, 0.4) is 0 Å². The molecule has 0 radical (unpaired) electrons. The molecule has 3 nitrogen and oxygen atoms in total. The Morgan fingerprint density at radius 3 is 2.46 bits per heavy atom. The first-order chi connectivity index (χ1) is 13.3. The first-order valence-corrected chi connectivity index (χ1v) is 10.1. The molecule has 28 heavy (non-hydrogen) atoms. The minimum atomic E-state index is -1.11. The Bertz CT molecular complexity index is 1000. The van der Waals surface area contributed by atoms with Crippen molar-refractivity contribution in [3.63, 3.8) is 0 Å². The van der Waals surface area contributed by atoms with Crippen molar-refractivity contribution in [2.45, 2.75) is 45.3 Å². The Labute approximate surface area is 166 Å². The van der Waals surface area contributed by atoms with E-state index < -0.39 is 5.60 Å². The molecular formula is C24H29FN2O. The van der Waals surface area contributed by atoms with Crippen LogP contribution in [0.1, 0.15) is 42.3 Å². The molecule has 2 heterocycles. The van der Waals surface area contributed by atoms with Gasteiger partial charge in [-0.15, -0.1) is 0 Å². The van der Waals surface area contributed by atoms with E-state index in [9.17, 15) is 9.50 Å². The van der Waals surface area contributed by atoms with E-state index in [0.717, 1.165) is 31.5 Å². The van der Waals surface area contributed by atoms with Crippen LogP contribution in [0, 0.1) is 12.7 Å². The van der Waals surface area contributed by atoms with Gasteiger partial charge in [-0.25, -0.2) is 4.39 Å². The van der Waals surface area contributed by atoms with Crippen LogP contribution in [0.5, 0.6) is 0 Å². The number of halogens is 1. The smallest absolute Gasteiger partial charge is 0.123 e. The molecule has 0 spiro atoms. The minimum absolute atomic E-state index is 0.185. The zero-order valence-corrected chi connectivity index (χ0v) is 17.2. The van der Waals surface area contributed by atoms with Gasteiger partial charge in [-0.2, -0.15) is 0 Å². The standard InChI is InChI=1S/C24H29FN2O/c1-16-5-10-22-21(15-16)20-11-13-26(4)14-12-23(20)27(22)17(2)24(3,28)18-6-8-19(25)9-7-18/h5-10,15,17,28H,11-14H2,1-4H3. The largest absolute Gasteiger partial charge is 0.383 e. The summed E-state index contributed by atoms with van der Waals surface area (Å²) in [5.74, 6) is -0.286. The zero-order valence-electron chi connectivity index (χ0n) is 17.2. The first-order valence-electron chi connectivity index (χ1n) is 10.1. The average molecular weight is 381 g/mol. The van der Waals surface area contributed by atoms with E-state index in [1.165, 1.54) is 39.9 Å². The van der Waals surface area contributed by atoms with Gasteiger partial charge in [-0.1, -0.05) is 23.8 Å². The van der Waals surface area contributed by atoms with Gasteiger partial charge in [0.25, 0.3) is 0 Å². The first kappa shape index (κ1) is 19.2. The van der Waals surface area contributed by atoms with Gasteiger partial charge in [0.15, 0.2) is 0 Å². The van der Waals surface area contributed by atoms with Crippen molar-refractivity contribution in [1.29, 1.82) is 0 Å². The predicted octanol–water partition coefficient (Wildman–Crippen LogP) is 4.59. The number of benzene rings is 2. The average Bonchev–Trinajstić information content (AvgIpc) is 2.83. The number of aryl methyl sites for hydroxylation is 1. The number of aliphatic hydroxyl groups is 1. The summed E-state index contributed by atoms with van der Waals surface area (Å²) in [6, 6.07) is 12.6. The van der Waals surface area contributed by atoms with Crippen LogP contribution in [0.25, 0.3) is 10.9 Å². The van der Waals surface area contributed by atoms with Crippen LogP contribution in [-0.2, 0) is 18.4 Å². The van der Waals surface area contributed by atoms with Crippen LogP contribution < -0.4 is 0 Å². The highest BCUT2D eigenvalue weighted by Crippen LogP contribution is 2.39. The third-order valence-electron chi connectivity index (χ3n) is 6.48. The summed E-state index contributed by atoms with van der Waals surface area (Å²) in [5.41, 5.74) is 4.77. The Balaban J connectivity index is 1.89. The molecule has 4 rings (SSSR count). The number of aromatic nitrogens is 1. The highest BCUT2D eigenvalue weighted by Gasteiger charge is 2.35. The summed E-state index contributed by atoms with van der Waals surface area (Å²) < 4.78 is 15.7. The minimum Gasteiger partial charge on any atom is -0.383 e. The molecule has 0 saturated heterocycles. The van der Waals surface area contributed by atoms with E-state index in [-0.39, 0.29) is 11.9 Å². The lowest BCUT2D eigenvalue weighted by Crippen LogP contribution is -2.33. The molecule has 2 unspecified atom stereocenters. The monoisotopic (exact) mass is 380 g/mol. The summed E-state index contributed by atoms with van der Waals surface area (Å²) >= 11 is 0. The van der Waals surface area contributed by atoms with Crippen molar-refractivity contribution in [3.05, 3.63) is 70.7 Å². The van der Waals surface area contributed by atoms with Crippen molar-refractivity contribution < 1.29 is 9.50 Å². The summed E-state index contributed by atoms with van der Waals surface area (Å²) in [5, 5.41) is 12.8. The van der Waals surface area contributed by atoms with Gasteiger partial charge in [0.05, 0.1) is 6.04 Å². The van der Waals surface area contributed by atoms with Crippen molar-refractivity contribution >= 4 is 10.9 Å². The van der Waals surface area contributed by atoms with Crippen LogP contribution in [-0.4, -0.2) is 34.7 Å². The molecular weight excluding hydrogens is 351 g/mol. The summed E-state index contributed by atoms with van der Waals surface area (Å²) in [4.78, 5) is 2.37. The van der Waals surface area contributed by atoms with Crippen LogP contribution in [0.2, 0.25) is 0 Å². The maximum atomic E-state index is 13.4. The van der Waals surface area contributed by atoms with Crippen molar-refractivity contribution in [1.82, 2.24) is 9.47 Å². The van der Waals surface area contributed by atoms with Crippen LogP contribution >= 0.6 is 0 Å². The molecule has 4 heteroatoms. The van der Waals surface area contributed by atoms with E-state index in [0.29, 0.717) is 0 Å². The topological polar surface area (TPSA) is 28.4 Å². The molecule has 0 bridgehead atoms. The number of fused-ring (bicyclic) bond motifs is 3. The fourth-order valence-electron chi connectivity index (χ4n) is 4.53. The lowest BCUT2D eigenvalue weighted by molar-refractivity contribution is 0.00803. The van der Waals surface area contributed by atoms with Gasteiger partial charge < -0.3 is 14.6 Å². The molecule has 1 aliphatic heterocycles. The molecule has 0 saturated carbocycles. The van der Waals surface area contributed by atoms with Crippen molar-refractivity contribution in [3.8, 4) is 0 Å². The Hall–Kier alpha value is -2.17. The SMILES string of the molecule is Cc1ccc2c(c1)c1c(n2C(C)C(C)(O)c2ccc(F)cc2)CCN(C)CC1. The molecule has 2 atom stereocenters. The number of likely N-dealkylation sites (N-methyl/N-ethyl adjacent to an activating group) is 1. The zero-order chi connectivity index (χ0) is 20.1. The number of hydrogen-bond donors (Lipinski definition) is 1. The Morgan fingerprint density at radius 2 is 1.75 bits per heavy atom. The van der Waals surface area contributed by atoms with E-state index in [2.05, 4.69) is 48.6 Å². The number of nitrogens with zero attached hydrogens (tertiary/aromatic N) is 2. The maximum absolute atomic E-state index is 13.4. The lowest BCUT2D eigenvalue weighted by Gasteiger charge is -2.34. The number of hydrogen-bond acceptors (Lipinski definition) is 2. The highest BCUT2D eigenvalue weighted by molar-refractivity contribution is 5.86. The third kappa shape index (κ3) is 3.15. The second-order valence-corrected chi connectivity index (χ2v) is 8.45. The van der Waals surface area contributed by atoms with Crippen LogP contribution in [0.4, 0.5) is 4.39 Å². The van der Waals surface area contributed by atoms with Gasteiger partial charge >= 0.3 is 0 Å². The lowest BCUT2D eigenvalue weighted by atomic mass is 9.88. The van der Waals surface area contributed by atoms with E-state index >= 15 is 0 Å². The van der Waals surface area contributed by atoms with Gasteiger partial charge in [-0.05, 0) is 69.6 Å². The van der Waals surface area contributed by atoms with Gasteiger partial charge in [0.2, 0.25) is 0 Å². The number of rotatable bonds is 3. The molecule has 1 aromatic heterocycles. The van der Waals surface area contributed by atoms with Gasteiger partial charge in [0.1, 0.15) is 11.4 Å². The van der Waals surface area contributed by atoms with Crippen molar-refractivity contribution in [2.75, 3.05) is 20.1 Å². The van der Waals surface area contributed by atoms with Gasteiger partial charge in [0, 0.05) is 36.1 Å². The molecule has 148 valence electrons. The fraction of sp³-hybridized carbons (Fsp3) is 0.417. The quantitative estimate of drug-likeness (QED) is 0.720. The molecule has 0 amide bonds. The van der Waals surface area contributed by atoms with E-state index in [4.69, 9.17) is 0 Å². The van der Waals surface area contributed by atoms with Crippen LogP contribution in [0.15, 0.2) is 42.5 Å². The summed E-state index contributed by atoms with van der Waals surface area (Å²) in [7, 11) is 2.17. The molecule has 0 fully saturated rings.